The molecule has 1 aromatic heterocycles. The zero-order valence-electron chi connectivity index (χ0n) is 10.1. The standard InChI is InChI=1S/C13H13F2N3/c1-7-3-4-9(12(15)11(7)14)13(16)10-5-6-17-8(2)18-10/h3-6,13H,16H2,1-2H3. The summed E-state index contributed by atoms with van der Waals surface area (Å²) in [5.41, 5.74) is 6.72. The van der Waals surface area contributed by atoms with E-state index >= 15 is 0 Å². The summed E-state index contributed by atoms with van der Waals surface area (Å²) in [6.07, 6.45) is 1.54. The summed E-state index contributed by atoms with van der Waals surface area (Å²) in [6, 6.07) is 3.77. The topological polar surface area (TPSA) is 51.8 Å². The number of halogens is 2. The average Bonchev–Trinajstić information content (AvgIpc) is 2.35. The first-order valence-electron chi connectivity index (χ1n) is 5.50. The van der Waals surface area contributed by atoms with E-state index in [4.69, 9.17) is 5.73 Å². The van der Waals surface area contributed by atoms with Crippen molar-refractivity contribution < 1.29 is 8.78 Å². The third kappa shape index (κ3) is 2.22. The highest BCUT2D eigenvalue weighted by atomic mass is 19.2. The Balaban J connectivity index is 2.46. The van der Waals surface area contributed by atoms with Crippen LogP contribution in [-0.4, -0.2) is 9.97 Å². The smallest absolute Gasteiger partial charge is 0.164 e. The van der Waals surface area contributed by atoms with E-state index in [1.54, 1.807) is 19.2 Å². The van der Waals surface area contributed by atoms with Gasteiger partial charge >= 0.3 is 0 Å². The van der Waals surface area contributed by atoms with Crippen molar-refractivity contribution in [3.63, 3.8) is 0 Å². The van der Waals surface area contributed by atoms with Crippen LogP contribution in [0.4, 0.5) is 8.78 Å². The molecule has 3 nitrogen and oxygen atoms in total. The molecule has 0 aliphatic carbocycles. The van der Waals surface area contributed by atoms with E-state index in [2.05, 4.69) is 9.97 Å². The summed E-state index contributed by atoms with van der Waals surface area (Å²) in [7, 11) is 0. The maximum atomic E-state index is 13.8. The quantitative estimate of drug-likeness (QED) is 0.889. The van der Waals surface area contributed by atoms with Gasteiger partial charge in [-0.15, -0.1) is 0 Å². The lowest BCUT2D eigenvalue weighted by molar-refractivity contribution is 0.488. The molecule has 0 radical (unpaired) electrons. The summed E-state index contributed by atoms with van der Waals surface area (Å²) in [4.78, 5) is 8.05. The lowest BCUT2D eigenvalue weighted by atomic mass is 10.0. The number of aryl methyl sites for hydroxylation is 2. The van der Waals surface area contributed by atoms with E-state index in [-0.39, 0.29) is 11.1 Å². The van der Waals surface area contributed by atoms with Crippen LogP contribution in [0.15, 0.2) is 24.4 Å². The maximum Gasteiger partial charge on any atom is 0.164 e. The molecule has 0 aliphatic heterocycles. The van der Waals surface area contributed by atoms with Crippen LogP contribution in [0.25, 0.3) is 0 Å². The summed E-state index contributed by atoms with van der Waals surface area (Å²) in [6.45, 7) is 3.21. The van der Waals surface area contributed by atoms with E-state index in [0.29, 0.717) is 11.5 Å². The van der Waals surface area contributed by atoms with Crippen LogP contribution in [0, 0.1) is 25.5 Å². The minimum Gasteiger partial charge on any atom is -0.319 e. The van der Waals surface area contributed by atoms with Crippen LogP contribution < -0.4 is 5.73 Å². The van der Waals surface area contributed by atoms with Gasteiger partial charge in [0.25, 0.3) is 0 Å². The highest BCUT2D eigenvalue weighted by molar-refractivity contribution is 5.32. The molecule has 0 aliphatic rings. The Morgan fingerprint density at radius 1 is 1.11 bits per heavy atom. The molecule has 2 aromatic rings. The van der Waals surface area contributed by atoms with Gasteiger partial charge in [-0.3, -0.25) is 0 Å². The fraction of sp³-hybridized carbons (Fsp3) is 0.231. The summed E-state index contributed by atoms with van der Waals surface area (Å²) in [5, 5.41) is 0. The molecule has 0 saturated carbocycles. The van der Waals surface area contributed by atoms with Crippen molar-refractivity contribution in [2.24, 2.45) is 5.73 Å². The Morgan fingerprint density at radius 2 is 1.83 bits per heavy atom. The SMILES string of the molecule is Cc1nccc(C(N)c2ccc(C)c(F)c2F)n1. The largest absolute Gasteiger partial charge is 0.319 e. The summed E-state index contributed by atoms with van der Waals surface area (Å²) >= 11 is 0. The molecule has 2 rings (SSSR count). The second-order valence-corrected chi connectivity index (χ2v) is 4.11. The van der Waals surface area contributed by atoms with Gasteiger partial charge in [0.15, 0.2) is 11.6 Å². The zero-order valence-corrected chi connectivity index (χ0v) is 10.1. The van der Waals surface area contributed by atoms with Crippen LogP contribution in [0.1, 0.15) is 28.7 Å². The molecule has 0 spiro atoms. The van der Waals surface area contributed by atoms with Crippen molar-refractivity contribution in [3.8, 4) is 0 Å². The summed E-state index contributed by atoms with van der Waals surface area (Å²) < 4.78 is 27.3. The third-order valence-electron chi connectivity index (χ3n) is 2.76. The van der Waals surface area contributed by atoms with Crippen molar-refractivity contribution in [2.75, 3.05) is 0 Å². The average molecular weight is 249 g/mol. The van der Waals surface area contributed by atoms with Crippen molar-refractivity contribution in [2.45, 2.75) is 19.9 Å². The third-order valence-corrected chi connectivity index (χ3v) is 2.76. The lowest BCUT2D eigenvalue weighted by Gasteiger charge is -2.13. The van der Waals surface area contributed by atoms with Gasteiger partial charge in [-0.2, -0.15) is 0 Å². The number of hydrogen-bond acceptors (Lipinski definition) is 3. The maximum absolute atomic E-state index is 13.8. The fourth-order valence-electron chi connectivity index (χ4n) is 1.71. The van der Waals surface area contributed by atoms with Crippen molar-refractivity contribution in [1.82, 2.24) is 9.97 Å². The Labute approximate surface area is 104 Å². The number of benzene rings is 1. The van der Waals surface area contributed by atoms with Crippen molar-refractivity contribution in [1.29, 1.82) is 0 Å². The molecule has 1 heterocycles. The molecule has 0 saturated heterocycles. The number of rotatable bonds is 2. The van der Waals surface area contributed by atoms with Crippen LogP contribution in [0.5, 0.6) is 0 Å². The van der Waals surface area contributed by atoms with E-state index in [9.17, 15) is 8.78 Å². The minimum atomic E-state index is -0.918. The Kier molecular flexibility index (Phi) is 3.34. The normalized spacial score (nSPS) is 12.5. The number of hydrogen-bond donors (Lipinski definition) is 1. The van der Waals surface area contributed by atoms with E-state index in [1.165, 1.54) is 19.1 Å². The molecular formula is C13H13F2N3. The van der Waals surface area contributed by atoms with E-state index < -0.39 is 17.7 Å². The predicted molar refractivity (Wildman–Crippen MR) is 63.9 cm³/mol. The second kappa shape index (κ2) is 4.78. The van der Waals surface area contributed by atoms with Crippen LogP contribution in [-0.2, 0) is 0 Å². The number of aromatic nitrogens is 2. The fourth-order valence-corrected chi connectivity index (χ4v) is 1.71. The highest BCUT2D eigenvalue weighted by Gasteiger charge is 2.19. The van der Waals surface area contributed by atoms with E-state index in [0.717, 1.165) is 0 Å². The Bertz CT molecular complexity index is 584. The monoisotopic (exact) mass is 249 g/mol. The first kappa shape index (κ1) is 12.6. The van der Waals surface area contributed by atoms with Gasteiger partial charge in [0.05, 0.1) is 11.7 Å². The van der Waals surface area contributed by atoms with Crippen molar-refractivity contribution >= 4 is 0 Å². The molecular weight excluding hydrogens is 236 g/mol. The molecule has 2 N–H and O–H groups in total. The molecule has 1 atom stereocenters. The van der Waals surface area contributed by atoms with Crippen molar-refractivity contribution in [3.05, 3.63) is 58.7 Å². The predicted octanol–water partition coefficient (Wildman–Crippen LogP) is 2.42. The first-order chi connectivity index (χ1) is 8.50. The molecule has 0 bridgehead atoms. The van der Waals surface area contributed by atoms with Gasteiger partial charge in [0, 0.05) is 11.8 Å². The molecule has 5 heteroatoms. The van der Waals surface area contributed by atoms with Crippen LogP contribution >= 0.6 is 0 Å². The van der Waals surface area contributed by atoms with Gasteiger partial charge < -0.3 is 5.73 Å². The van der Waals surface area contributed by atoms with Crippen LogP contribution in [0.2, 0.25) is 0 Å². The van der Waals surface area contributed by atoms with Gasteiger partial charge in [-0.1, -0.05) is 12.1 Å². The second-order valence-electron chi connectivity index (χ2n) is 4.11. The Hall–Kier alpha value is -1.88. The van der Waals surface area contributed by atoms with Gasteiger partial charge in [0.2, 0.25) is 0 Å². The van der Waals surface area contributed by atoms with Gasteiger partial charge in [0.1, 0.15) is 5.82 Å². The zero-order chi connectivity index (χ0) is 13.3. The number of nitrogens with two attached hydrogens (primary N) is 1. The lowest BCUT2D eigenvalue weighted by Crippen LogP contribution is -2.16. The minimum absolute atomic E-state index is 0.0937. The van der Waals surface area contributed by atoms with Crippen LogP contribution in [0.3, 0.4) is 0 Å². The van der Waals surface area contributed by atoms with E-state index in [1.807, 2.05) is 0 Å². The van der Waals surface area contributed by atoms with Gasteiger partial charge in [-0.25, -0.2) is 18.7 Å². The highest BCUT2D eigenvalue weighted by Crippen LogP contribution is 2.24. The number of nitrogens with zero attached hydrogens (tertiary/aromatic N) is 2. The molecule has 1 aromatic carbocycles. The summed E-state index contributed by atoms with van der Waals surface area (Å²) in [5.74, 6) is -1.25. The molecule has 0 amide bonds. The molecule has 1 unspecified atom stereocenters. The molecule has 0 fully saturated rings. The van der Waals surface area contributed by atoms with Gasteiger partial charge in [-0.05, 0) is 25.5 Å². The first-order valence-corrected chi connectivity index (χ1v) is 5.50. The molecule has 94 valence electrons. The Morgan fingerprint density at radius 3 is 2.50 bits per heavy atom. The molecule has 18 heavy (non-hydrogen) atoms.